The van der Waals surface area contributed by atoms with Gasteiger partial charge >= 0.3 is 0 Å². The van der Waals surface area contributed by atoms with Crippen molar-refractivity contribution in [3.05, 3.63) is 24.3 Å². The van der Waals surface area contributed by atoms with Crippen molar-refractivity contribution in [3.8, 4) is 5.75 Å². The molecule has 0 aliphatic carbocycles. The second kappa shape index (κ2) is 6.30. The van der Waals surface area contributed by atoms with Gasteiger partial charge in [-0.15, -0.1) is 0 Å². The maximum absolute atomic E-state index is 8.73. The van der Waals surface area contributed by atoms with E-state index in [-0.39, 0.29) is 6.61 Å². The molecule has 3 heteroatoms. The van der Waals surface area contributed by atoms with Crippen molar-refractivity contribution >= 4 is 5.69 Å². The van der Waals surface area contributed by atoms with Crippen molar-refractivity contribution in [1.82, 2.24) is 0 Å². The number of methoxy groups -OCH3 is 1. The number of aliphatic hydroxyl groups is 1. The van der Waals surface area contributed by atoms with Gasteiger partial charge in [0.25, 0.3) is 0 Å². The van der Waals surface area contributed by atoms with Gasteiger partial charge in [-0.05, 0) is 31.9 Å². The van der Waals surface area contributed by atoms with Crippen LogP contribution in [0.15, 0.2) is 24.3 Å². The summed E-state index contributed by atoms with van der Waals surface area (Å²) in [7, 11) is 1.67. The van der Waals surface area contributed by atoms with E-state index >= 15 is 0 Å². The van der Waals surface area contributed by atoms with Crippen molar-refractivity contribution < 1.29 is 9.84 Å². The van der Waals surface area contributed by atoms with Gasteiger partial charge in [-0.3, -0.25) is 0 Å². The molecule has 0 aliphatic rings. The fourth-order valence-corrected chi connectivity index (χ4v) is 1.50. The van der Waals surface area contributed by atoms with E-state index in [0.717, 1.165) is 24.3 Å². The molecule has 0 fully saturated rings. The van der Waals surface area contributed by atoms with E-state index in [0.29, 0.717) is 6.04 Å². The van der Waals surface area contributed by atoms with Crippen LogP contribution in [0.2, 0.25) is 0 Å². The molecule has 0 saturated heterocycles. The van der Waals surface area contributed by atoms with Gasteiger partial charge in [0.2, 0.25) is 0 Å². The Balaban J connectivity index is 2.55. The summed E-state index contributed by atoms with van der Waals surface area (Å²) in [5, 5.41) is 12.1. The van der Waals surface area contributed by atoms with Crippen LogP contribution < -0.4 is 10.1 Å². The highest BCUT2D eigenvalue weighted by atomic mass is 16.5. The molecular weight excluding hydrogens is 190 g/mol. The number of aliphatic hydroxyl groups excluding tert-OH is 1. The molecule has 1 unspecified atom stereocenters. The smallest absolute Gasteiger partial charge is 0.141 e. The lowest BCUT2D eigenvalue weighted by Gasteiger charge is -2.16. The fourth-order valence-electron chi connectivity index (χ4n) is 1.50. The second-order valence-corrected chi connectivity index (χ2v) is 3.61. The first-order chi connectivity index (χ1) is 7.27. The molecule has 84 valence electrons. The Morgan fingerprint density at radius 2 is 2.13 bits per heavy atom. The zero-order chi connectivity index (χ0) is 11.1. The Hall–Kier alpha value is -1.22. The lowest BCUT2D eigenvalue weighted by Crippen LogP contribution is -2.15. The summed E-state index contributed by atoms with van der Waals surface area (Å²) >= 11 is 0. The third-order valence-electron chi connectivity index (χ3n) is 2.30. The van der Waals surface area contributed by atoms with Gasteiger partial charge < -0.3 is 15.2 Å². The van der Waals surface area contributed by atoms with Gasteiger partial charge in [0.05, 0.1) is 12.8 Å². The van der Waals surface area contributed by atoms with E-state index < -0.39 is 0 Å². The highest BCUT2D eigenvalue weighted by Crippen LogP contribution is 2.24. The Morgan fingerprint density at radius 3 is 2.80 bits per heavy atom. The van der Waals surface area contributed by atoms with Gasteiger partial charge in [-0.1, -0.05) is 12.1 Å². The second-order valence-electron chi connectivity index (χ2n) is 3.61. The molecule has 1 rings (SSSR count). The zero-order valence-electron chi connectivity index (χ0n) is 9.36. The number of hydrogen-bond acceptors (Lipinski definition) is 3. The quantitative estimate of drug-likeness (QED) is 0.755. The van der Waals surface area contributed by atoms with Crippen molar-refractivity contribution in [2.75, 3.05) is 19.0 Å². The predicted molar refractivity (Wildman–Crippen MR) is 62.4 cm³/mol. The standard InChI is InChI=1S/C12H19NO2/c1-10(6-5-9-14)13-11-7-3-4-8-12(11)15-2/h3-4,7-8,10,13-14H,5-6,9H2,1-2H3. The number of ether oxygens (including phenoxy) is 1. The van der Waals surface area contributed by atoms with Gasteiger partial charge in [0.1, 0.15) is 5.75 Å². The SMILES string of the molecule is COc1ccccc1NC(C)CCCO. The van der Waals surface area contributed by atoms with E-state index in [1.807, 2.05) is 24.3 Å². The zero-order valence-corrected chi connectivity index (χ0v) is 9.36. The van der Waals surface area contributed by atoms with Crippen molar-refractivity contribution in [2.24, 2.45) is 0 Å². The summed E-state index contributed by atoms with van der Waals surface area (Å²) in [6, 6.07) is 8.19. The molecule has 0 bridgehead atoms. The molecule has 3 nitrogen and oxygen atoms in total. The van der Waals surface area contributed by atoms with Crippen LogP contribution in [-0.2, 0) is 0 Å². The van der Waals surface area contributed by atoms with Gasteiger partial charge in [-0.25, -0.2) is 0 Å². The Bertz CT molecular complexity index is 289. The molecule has 1 aromatic rings. The average Bonchev–Trinajstić information content (AvgIpc) is 2.27. The molecule has 1 aromatic carbocycles. The van der Waals surface area contributed by atoms with Crippen molar-refractivity contribution in [1.29, 1.82) is 0 Å². The van der Waals surface area contributed by atoms with E-state index in [4.69, 9.17) is 9.84 Å². The third-order valence-corrected chi connectivity index (χ3v) is 2.30. The molecule has 1 atom stereocenters. The van der Waals surface area contributed by atoms with E-state index in [1.165, 1.54) is 0 Å². The maximum atomic E-state index is 8.73. The number of anilines is 1. The average molecular weight is 209 g/mol. The number of rotatable bonds is 6. The van der Waals surface area contributed by atoms with Crippen LogP contribution in [0.3, 0.4) is 0 Å². The summed E-state index contributed by atoms with van der Waals surface area (Å²) in [5.41, 5.74) is 1.01. The van der Waals surface area contributed by atoms with Crippen LogP contribution in [-0.4, -0.2) is 24.9 Å². The number of nitrogens with one attached hydrogen (secondary N) is 1. The van der Waals surface area contributed by atoms with Gasteiger partial charge in [-0.2, -0.15) is 0 Å². The van der Waals surface area contributed by atoms with Gasteiger partial charge in [0.15, 0.2) is 0 Å². The van der Waals surface area contributed by atoms with Crippen LogP contribution in [0.5, 0.6) is 5.75 Å². The summed E-state index contributed by atoms with van der Waals surface area (Å²) in [5.74, 6) is 0.855. The number of hydrogen-bond donors (Lipinski definition) is 2. The van der Waals surface area contributed by atoms with E-state index in [9.17, 15) is 0 Å². The highest BCUT2D eigenvalue weighted by Gasteiger charge is 2.05. The van der Waals surface area contributed by atoms with Crippen LogP contribution >= 0.6 is 0 Å². The minimum Gasteiger partial charge on any atom is -0.495 e. The van der Waals surface area contributed by atoms with E-state index in [2.05, 4.69) is 12.2 Å². The first kappa shape index (κ1) is 11.9. The minimum absolute atomic E-state index is 0.248. The van der Waals surface area contributed by atoms with E-state index in [1.54, 1.807) is 7.11 Å². The molecule has 0 aromatic heterocycles. The minimum atomic E-state index is 0.248. The Kier molecular flexibility index (Phi) is 4.98. The van der Waals surface area contributed by atoms with Crippen molar-refractivity contribution in [3.63, 3.8) is 0 Å². The molecule has 0 radical (unpaired) electrons. The number of para-hydroxylation sites is 2. The molecule has 0 spiro atoms. The molecule has 2 N–H and O–H groups in total. The Morgan fingerprint density at radius 1 is 1.40 bits per heavy atom. The molecule has 0 amide bonds. The monoisotopic (exact) mass is 209 g/mol. The topological polar surface area (TPSA) is 41.5 Å². The lowest BCUT2D eigenvalue weighted by molar-refractivity contribution is 0.282. The van der Waals surface area contributed by atoms with Crippen LogP contribution in [0.25, 0.3) is 0 Å². The first-order valence-electron chi connectivity index (χ1n) is 5.28. The maximum Gasteiger partial charge on any atom is 0.141 e. The molecule has 0 aliphatic heterocycles. The fraction of sp³-hybridized carbons (Fsp3) is 0.500. The number of benzene rings is 1. The summed E-state index contributed by atoms with van der Waals surface area (Å²) in [4.78, 5) is 0. The predicted octanol–water partition coefficient (Wildman–Crippen LogP) is 2.27. The molecule has 15 heavy (non-hydrogen) atoms. The summed E-state index contributed by atoms with van der Waals surface area (Å²) in [6.07, 6.45) is 1.78. The summed E-state index contributed by atoms with van der Waals surface area (Å²) in [6.45, 7) is 2.35. The molecule has 0 heterocycles. The van der Waals surface area contributed by atoms with Crippen LogP contribution in [0.4, 0.5) is 5.69 Å². The van der Waals surface area contributed by atoms with Crippen molar-refractivity contribution in [2.45, 2.75) is 25.8 Å². The van der Waals surface area contributed by atoms with Gasteiger partial charge in [0, 0.05) is 12.6 Å². The largest absolute Gasteiger partial charge is 0.495 e. The molecular formula is C12H19NO2. The van der Waals surface area contributed by atoms with Crippen LogP contribution in [0, 0.1) is 0 Å². The third kappa shape index (κ3) is 3.80. The normalized spacial score (nSPS) is 12.2. The highest BCUT2D eigenvalue weighted by molar-refractivity contribution is 5.56. The Labute approximate surface area is 91.1 Å². The van der Waals surface area contributed by atoms with Crippen LogP contribution in [0.1, 0.15) is 19.8 Å². The first-order valence-corrected chi connectivity index (χ1v) is 5.28. The molecule has 0 saturated carbocycles. The lowest BCUT2D eigenvalue weighted by atomic mass is 10.1. The summed E-state index contributed by atoms with van der Waals surface area (Å²) < 4.78 is 5.24.